The van der Waals surface area contributed by atoms with Crippen LogP contribution >= 0.6 is 23.4 Å². The number of hydrogen-bond acceptors (Lipinski definition) is 5. The molecule has 110 valence electrons. The Morgan fingerprint density at radius 2 is 2.30 bits per heavy atom. The molecule has 1 fully saturated rings. The Kier molecular flexibility index (Phi) is 4.44. The fourth-order valence-corrected chi connectivity index (χ4v) is 3.56. The zero-order chi connectivity index (χ0) is 14.9. The third kappa shape index (κ3) is 2.45. The molecule has 0 aliphatic carbocycles. The van der Waals surface area contributed by atoms with Gasteiger partial charge in [-0.25, -0.2) is 4.79 Å². The van der Waals surface area contributed by atoms with E-state index in [1.165, 1.54) is 18.9 Å². The van der Waals surface area contributed by atoms with Crippen molar-refractivity contribution in [2.45, 2.75) is 17.8 Å². The molecule has 2 heterocycles. The van der Waals surface area contributed by atoms with Crippen LogP contribution in [0.1, 0.15) is 6.42 Å². The van der Waals surface area contributed by atoms with Crippen LogP contribution in [0, 0.1) is 0 Å². The number of ether oxygens (including phenoxy) is 1. The number of carboxylic acids is 1. The molecule has 2 rings (SSSR count). The Balaban J connectivity index is 2.15. The second kappa shape index (κ2) is 5.92. The van der Waals surface area contributed by atoms with Gasteiger partial charge in [0.1, 0.15) is 17.2 Å². The van der Waals surface area contributed by atoms with Crippen molar-refractivity contribution >= 4 is 41.1 Å². The van der Waals surface area contributed by atoms with Crippen molar-refractivity contribution in [1.29, 1.82) is 0 Å². The summed E-state index contributed by atoms with van der Waals surface area (Å²) >= 11 is 6.80. The van der Waals surface area contributed by atoms with Crippen LogP contribution < -0.4 is 5.32 Å². The molecule has 0 aromatic heterocycles. The van der Waals surface area contributed by atoms with Crippen LogP contribution in [-0.4, -0.2) is 57.9 Å². The van der Waals surface area contributed by atoms with Crippen LogP contribution in [0.5, 0.6) is 0 Å². The minimum atomic E-state index is -1.22. The number of carbonyl (C=O) groups is 3. The van der Waals surface area contributed by atoms with E-state index in [-0.39, 0.29) is 29.7 Å². The number of thioether (sulfide) groups is 1. The number of halogens is 1. The van der Waals surface area contributed by atoms with E-state index in [0.29, 0.717) is 5.75 Å². The van der Waals surface area contributed by atoms with Gasteiger partial charge >= 0.3 is 5.97 Å². The van der Waals surface area contributed by atoms with Gasteiger partial charge in [-0.2, -0.15) is 0 Å². The number of aliphatic carboxylic acids is 1. The molecule has 0 aromatic carbocycles. The summed E-state index contributed by atoms with van der Waals surface area (Å²) in [5.41, 5.74) is -0.149. The van der Waals surface area contributed by atoms with Crippen molar-refractivity contribution in [3.8, 4) is 0 Å². The highest BCUT2D eigenvalue weighted by atomic mass is 35.5. The van der Waals surface area contributed by atoms with Gasteiger partial charge in [0.05, 0.1) is 12.9 Å². The summed E-state index contributed by atoms with van der Waals surface area (Å²) in [7, 11) is 1.36. The average Bonchev–Trinajstić information content (AvgIpc) is 2.43. The number of carbonyl (C=O) groups excluding carboxylic acids is 2. The van der Waals surface area contributed by atoms with Gasteiger partial charge in [0, 0.05) is 12.3 Å². The highest BCUT2D eigenvalue weighted by molar-refractivity contribution is 8.00. The van der Waals surface area contributed by atoms with Gasteiger partial charge in [0.25, 0.3) is 5.91 Å². The monoisotopic (exact) mass is 320 g/mol. The Morgan fingerprint density at radius 1 is 1.60 bits per heavy atom. The topological polar surface area (TPSA) is 95.9 Å². The molecule has 9 heteroatoms. The Labute approximate surface area is 124 Å². The van der Waals surface area contributed by atoms with Crippen molar-refractivity contribution < 1.29 is 24.2 Å². The number of fused-ring (bicyclic) bond motifs is 1. The molecule has 0 bridgehead atoms. The highest BCUT2D eigenvalue weighted by Crippen LogP contribution is 2.40. The van der Waals surface area contributed by atoms with Gasteiger partial charge < -0.3 is 15.2 Å². The van der Waals surface area contributed by atoms with Crippen LogP contribution in [0.2, 0.25) is 0 Å². The van der Waals surface area contributed by atoms with Crippen LogP contribution in [0.4, 0.5) is 0 Å². The van der Waals surface area contributed by atoms with E-state index in [0.717, 1.165) is 4.90 Å². The molecule has 2 aliphatic heterocycles. The van der Waals surface area contributed by atoms with E-state index in [1.54, 1.807) is 0 Å². The van der Waals surface area contributed by atoms with Crippen molar-refractivity contribution in [3.63, 3.8) is 0 Å². The lowest BCUT2D eigenvalue weighted by Gasteiger charge is -2.48. The van der Waals surface area contributed by atoms with Gasteiger partial charge in [-0.1, -0.05) is 0 Å². The van der Waals surface area contributed by atoms with E-state index in [2.05, 4.69) is 5.32 Å². The molecule has 20 heavy (non-hydrogen) atoms. The fraction of sp³-hybridized carbons (Fsp3) is 0.545. The normalized spacial score (nSPS) is 24.9. The lowest BCUT2D eigenvalue weighted by Crippen LogP contribution is -2.70. The molecule has 1 saturated heterocycles. The summed E-state index contributed by atoms with van der Waals surface area (Å²) in [6, 6.07) is -0.705. The summed E-state index contributed by atoms with van der Waals surface area (Å²) in [6.45, 7) is 0. The molecule has 2 aliphatic rings. The summed E-state index contributed by atoms with van der Waals surface area (Å²) in [6.07, 6.45) is 0.119. The summed E-state index contributed by atoms with van der Waals surface area (Å²) in [5, 5.41) is 11.3. The largest absolute Gasteiger partial charge is 0.498 e. The molecule has 0 radical (unpaired) electrons. The average molecular weight is 321 g/mol. The molecular formula is C11H13ClN2O5S. The number of carboxylic acid groups (broad SMARTS) is 1. The van der Waals surface area contributed by atoms with Gasteiger partial charge in [-0.05, 0) is 0 Å². The van der Waals surface area contributed by atoms with Crippen molar-refractivity contribution in [2.24, 2.45) is 0 Å². The molecule has 0 unspecified atom stereocenters. The molecule has 2 atom stereocenters. The molecular weight excluding hydrogens is 308 g/mol. The number of nitrogens with one attached hydrogen (secondary N) is 1. The SMILES string of the molecule is COC1=C(C(=O)O)N2C(=O)[C@@H](NC(=O)CCCl)[C@@H]2SC1. The molecule has 2 amide bonds. The quantitative estimate of drug-likeness (QED) is 0.545. The first-order valence-corrected chi connectivity index (χ1v) is 7.40. The van der Waals surface area contributed by atoms with E-state index in [4.69, 9.17) is 16.3 Å². The van der Waals surface area contributed by atoms with Crippen molar-refractivity contribution in [3.05, 3.63) is 11.5 Å². The lowest BCUT2D eigenvalue weighted by molar-refractivity contribution is -0.151. The molecule has 0 aromatic rings. The van der Waals surface area contributed by atoms with E-state index in [9.17, 15) is 19.5 Å². The predicted molar refractivity (Wildman–Crippen MR) is 72.0 cm³/mol. The van der Waals surface area contributed by atoms with Gasteiger partial charge in [0.15, 0.2) is 5.70 Å². The summed E-state index contributed by atoms with van der Waals surface area (Å²) < 4.78 is 5.00. The molecule has 2 N–H and O–H groups in total. The number of nitrogens with zero attached hydrogens (tertiary/aromatic N) is 1. The maximum absolute atomic E-state index is 12.0. The van der Waals surface area contributed by atoms with Crippen molar-refractivity contribution in [1.82, 2.24) is 10.2 Å². The first-order chi connectivity index (χ1) is 9.51. The van der Waals surface area contributed by atoms with Gasteiger partial charge in [-0.3, -0.25) is 14.5 Å². The zero-order valence-corrected chi connectivity index (χ0v) is 12.2. The minimum absolute atomic E-state index is 0.119. The number of alkyl halides is 1. The number of hydrogen-bond donors (Lipinski definition) is 2. The van der Waals surface area contributed by atoms with Gasteiger partial charge in [-0.15, -0.1) is 23.4 Å². The summed E-state index contributed by atoms with van der Waals surface area (Å²) in [4.78, 5) is 35.9. The smallest absolute Gasteiger partial charge is 0.356 e. The first kappa shape index (κ1) is 15.0. The standard InChI is InChI=1S/C11H13ClN2O5S/c1-19-5-4-20-10-7(13-6(15)2-3-12)9(16)14(10)8(5)11(17)18/h7,10H,2-4H2,1H3,(H,13,15)(H,17,18)/t7-,10+/m1/s1. The Morgan fingerprint density at radius 3 is 2.85 bits per heavy atom. The van der Waals surface area contributed by atoms with Crippen molar-refractivity contribution in [2.75, 3.05) is 18.7 Å². The zero-order valence-electron chi connectivity index (χ0n) is 10.6. The maximum Gasteiger partial charge on any atom is 0.356 e. The number of methoxy groups -OCH3 is 1. The molecule has 7 nitrogen and oxygen atoms in total. The van der Waals surface area contributed by atoms with E-state index >= 15 is 0 Å². The minimum Gasteiger partial charge on any atom is -0.498 e. The maximum atomic E-state index is 12.0. The second-order valence-corrected chi connectivity index (χ2v) is 5.66. The van der Waals surface area contributed by atoms with Crippen LogP contribution in [0.15, 0.2) is 11.5 Å². The van der Waals surface area contributed by atoms with Gasteiger partial charge in [0.2, 0.25) is 5.91 Å². The predicted octanol–water partition coefficient (Wildman–Crippen LogP) is -0.0422. The third-order valence-electron chi connectivity index (χ3n) is 3.02. The Bertz CT molecular complexity index is 495. The number of amides is 2. The third-order valence-corrected chi connectivity index (χ3v) is 4.46. The molecule has 0 saturated carbocycles. The van der Waals surface area contributed by atoms with E-state index in [1.807, 2.05) is 0 Å². The fourth-order valence-electron chi connectivity index (χ4n) is 2.08. The highest BCUT2D eigenvalue weighted by Gasteiger charge is 2.54. The van der Waals surface area contributed by atoms with E-state index < -0.39 is 23.3 Å². The van der Waals surface area contributed by atoms with Crippen LogP contribution in [0.25, 0.3) is 0 Å². The first-order valence-electron chi connectivity index (χ1n) is 5.81. The summed E-state index contributed by atoms with van der Waals surface area (Å²) in [5.74, 6) is -1.23. The number of rotatable bonds is 5. The second-order valence-electron chi connectivity index (χ2n) is 4.18. The molecule has 0 spiro atoms. The number of β-lactam (4-membered cyclic amide) rings is 1. The Hall–Kier alpha value is -1.41. The van der Waals surface area contributed by atoms with Crippen LogP contribution in [0.3, 0.4) is 0 Å². The van der Waals surface area contributed by atoms with Crippen LogP contribution in [-0.2, 0) is 19.1 Å². The lowest BCUT2D eigenvalue weighted by atomic mass is 10.0.